The molecule has 0 atom stereocenters. The maximum atomic E-state index is 2.53. The predicted octanol–water partition coefficient (Wildman–Crippen LogP) is 17.5. The molecule has 0 fully saturated rings. The third kappa shape index (κ3) is 6.99. The first-order valence-electron chi connectivity index (χ1n) is 23.7. The standard InChI is InChI=1S/C66H45N3/c1-7-22-46(23-8-1)52-34-19-37-55(40-52)67-61(49-28-13-4-14-29-49)43-58-64(67)59-44-62(50-30-15-5-16-31-50)68(56-38-20-35-53(41-56)47-24-9-2-10-25-47)66(59)60-45-63(51-32-17-6-18-33-51)69(65(58)60)57-39-21-36-54(42-57)48-26-11-3-12-27-48/h1-45H. The molecule has 3 heterocycles. The molecule has 3 heteroatoms. The first kappa shape index (κ1) is 40.1. The van der Waals surface area contributed by atoms with Gasteiger partial charge < -0.3 is 13.7 Å². The van der Waals surface area contributed by atoms with Crippen LogP contribution in [0.3, 0.4) is 0 Å². The van der Waals surface area contributed by atoms with Crippen molar-refractivity contribution < 1.29 is 0 Å². The Balaban J connectivity index is 1.25. The highest BCUT2D eigenvalue weighted by Crippen LogP contribution is 2.48. The highest BCUT2D eigenvalue weighted by Gasteiger charge is 2.28. The Bertz CT molecular complexity index is 3510. The highest BCUT2D eigenvalue weighted by atomic mass is 15.1. The van der Waals surface area contributed by atoms with Crippen LogP contribution < -0.4 is 0 Å². The molecule has 0 unspecified atom stereocenters. The van der Waals surface area contributed by atoms with Crippen LogP contribution in [0, 0.1) is 0 Å². The number of nitrogens with zero attached hydrogens (tertiary/aromatic N) is 3. The average Bonchev–Trinajstić information content (AvgIpc) is 4.16. The Morgan fingerprint density at radius 3 is 0.638 bits per heavy atom. The summed E-state index contributed by atoms with van der Waals surface area (Å²) in [5.74, 6) is 0. The Morgan fingerprint density at radius 2 is 0.391 bits per heavy atom. The van der Waals surface area contributed by atoms with E-state index in [9.17, 15) is 0 Å². The molecule has 0 saturated heterocycles. The lowest BCUT2D eigenvalue weighted by Gasteiger charge is -2.17. The molecule has 0 radical (unpaired) electrons. The van der Waals surface area contributed by atoms with Gasteiger partial charge in [0.2, 0.25) is 0 Å². The number of hydrogen-bond acceptors (Lipinski definition) is 0. The van der Waals surface area contributed by atoms with E-state index >= 15 is 0 Å². The zero-order valence-corrected chi connectivity index (χ0v) is 37.8. The average molecular weight is 880 g/mol. The maximum Gasteiger partial charge on any atom is 0.0650 e. The number of hydrogen-bond donors (Lipinski definition) is 0. The summed E-state index contributed by atoms with van der Waals surface area (Å²) in [5.41, 5.74) is 20.6. The summed E-state index contributed by atoms with van der Waals surface area (Å²) in [6.07, 6.45) is 0. The van der Waals surface area contributed by atoms with E-state index in [1.54, 1.807) is 0 Å². The maximum absolute atomic E-state index is 2.53. The van der Waals surface area contributed by atoms with E-state index < -0.39 is 0 Å². The SMILES string of the molecule is c1ccc(-c2cccc(-n3c(-c4ccccc4)cc4c3c3cc(-c5ccccc5)n(-c5cccc(-c6ccccc6)c5)c3c3cc(-c5ccccc5)n(-c5cccc(-c6ccccc6)c5)c43)c2)cc1. The summed E-state index contributed by atoms with van der Waals surface area (Å²) < 4.78 is 7.58. The zero-order chi connectivity index (χ0) is 45.7. The van der Waals surface area contributed by atoms with Crippen LogP contribution in [0.5, 0.6) is 0 Å². The van der Waals surface area contributed by atoms with Gasteiger partial charge in [0, 0.05) is 33.2 Å². The van der Waals surface area contributed by atoms with Gasteiger partial charge in [-0.25, -0.2) is 0 Å². The van der Waals surface area contributed by atoms with E-state index in [2.05, 4.69) is 287 Å². The van der Waals surface area contributed by atoms with Gasteiger partial charge in [0.25, 0.3) is 0 Å². The van der Waals surface area contributed by atoms with Crippen molar-refractivity contribution in [2.45, 2.75) is 0 Å². The van der Waals surface area contributed by atoms with Gasteiger partial charge in [-0.2, -0.15) is 0 Å². The predicted molar refractivity (Wildman–Crippen MR) is 290 cm³/mol. The van der Waals surface area contributed by atoms with Gasteiger partial charge in [0.1, 0.15) is 0 Å². The molecule has 0 bridgehead atoms. The number of rotatable bonds is 9. The first-order chi connectivity index (χ1) is 34.2. The molecule has 0 N–H and O–H groups in total. The summed E-state index contributed by atoms with van der Waals surface area (Å²) in [4.78, 5) is 0. The minimum absolute atomic E-state index is 1.10. The molecule has 0 aliphatic carbocycles. The number of aromatic nitrogens is 3. The fourth-order valence-corrected chi connectivity index (χ4v) is 10.5. The van der Waals surface area contributed by atoms with Crippen LogP contribution >= 0.6 is 0 Å². The summed E-state index contributed by atoms with van der Waals surface area (Å²) in [7, 11) is 0. The van der Waals surface area contributed by atoms with Gasteiger partial charge >= 0.3 is 0 Å². The van der Waals surface area contributed by atoms with Gasteiger partial charge in [0.15, 0.2) is 0 Å². The van der Waals surface area contributed by atoms with E-state index in [0.29, 0.717) is 0 Å². The minimum atomic E-state index is 1.10. The first-order valence-corrected chi connectivity index (χ1v) is 23.7. The lowest BCUT2D eigenvalue weighted by Crippen LogP contribution is -2.01. The summed E-state index contributed by atoms with van der Waals surface area (Å²) in [6.45, 7) is 0. The Hall–Kier alpha value is -9.18. The van der Waals surface area contributed by atoms with Crippen LogP contribution in [-0.2, 0) is 0 Å². The molecule has 0 saturated carbocycles. The van der Waals surface area contributed by atoms with Crippen LogP contribution in [0.1, 0.15) is 0 Å². The molecule has 324 valence electrons. The van der Waals surface area contributed by atoms with Crippen molar-refractivity contribution in [3.8, 4) is 84.2 Å². The van der Waals surface area contributed by atoms with E-state index in [0.717, 1.165) is 67.4 Å². The lowest BCUT2D eigenvalue weighted by atomic mass is 10.0. The van der Waals surface area contributed by atoms with E-state index in [4.69, 9.17) is 0 Å². The zero-order valence-electron chi connectivity index (χ0n) is 37.8. The molecule has 13 aromatic rings. The summed E-state index contributed by atoms with van der Waals surface area (Å²) in [6, 6.07) is 99.3. The second kappa shape index (κ2) is 16.9. The molecule has 3 aromatic heterocycles. The Kier molecular flexibility index (Phi) is 9.84. The van der Waals surface area contributed by atoms with Crippen LogP contribution in [0.4, 0.5) is 0 Å². The molecular formula is C66H45N3. The summed E-state index contributed by atoms with van der Waals surface area (Å²) >= 11 is 0. The van der Waals surface area contributed by atoms with Crippen molar-refractivity contribution in [2.24, 2.45) is 0 Å². The van der Waals surface area contributed by atoms with E-state index in [1.807, 2.05) is 0 Å². The quantitative estimate of drug-likeness (QED) is 0.137. The molecule has 0 amide bonds. The van der Waals surface area contributed by atoms with Crippen LogP contribution in [-0.4, -0.2) is 13.7 Å². The topological polar surface area (TPSA) is 14.8 Å². The third-order valence-electron chi connectivity index (χ3n) is 13.6. The number of benzene rings is 10. The van der Waals surface area contributed by atoms with E-state index in [-0.39, 0.29) is 0 Å². The third-order valence-corrected chi connectivity index (χ3v) is 13.6. The van der Waals surface area contributed by atoms with Crippen LogP contribution in [0.25, 0.3) is 117 Å². The van der Waals surface area contributed by atoms with Crippen molar-refractivity contribution in [1.29, 1.82) is 0 Å². The molecule has 13 rings (SSSR count). The second-order valence-corrected chi connectivity index (χ2v) is 17.7. The normalized spacial score (nSPS) is 11.5. The Morgan fingerprint density at radius 1 is 0.174 bits per heavy atom. The lowest BCUT2D eigenvalue weighted by molar-refractivity contribution is 1.13. The van der Waals surface area contributed by atoms with Gasteiger partial charge in [-0.05, 0) is 105 Å². The van der Waals surface area contributed by atoms with Gasteiger partial charge in [0.05, 0.1) is 33.6 Å². The Labute approximate surface area is 401 Å². The molecule has 10 aromatic carbocycles. The number of fused-ring (bicyclic) bond motifs is 6. The van der Waals surface area contributed by atoms with Crippen molar-refractivity contribution >= 4 is 32.7 Å². The van der Waals surface area contributed by atoms with Crippen molar-refractivity contribution in [2.75, 3.05) is 0 Å². The fraction of sp³-hybridized carbons (Fsp3) is 0. The molecule has 69 heavy (non-hydrogen) atoms. The summed E-state index contributed by atoms with van der Waals surface area (Å²) in [5, 5.41) is 3.51. The smallest absolute Gasteiger partial charge is 0.0650 e. The van der Waals surface area contributed by atoms with Gasteiger partial charge in [-0.3, -0.25) is 0 Å². The van der Waals surface area contributed by atoms with E-state index in [1.165, 1.54) is 49.5 Å². The monoisotopic (exact) mass is 879 g/mol. The largest absolute Gasteiger partial charge is 0.308 e. The molecule has 0 aliphatic heterocycles. The molecule has 0 spiro atoms. The fourth-order valence-electron chi connectivity index (χ4n) is 10.5. The molecular weight excluding hydrogens is 835 g/mol. The van der Waals surface area contributed by atoms with Crippen molar-refractivity contribution in [3.63, 3.8) is 0 Å². The molecule has 0 aliphatic rings. The van der Waals surface area contributed by atoms with Crippen molar-refractivity contribution in [1.82, 2.24) is 13.7 Å². The van der Waals surface area contributed by atoms with Crippen LogP contribution in [0.15, 0.2) is 273 Å². The van der Waals surface area contributed by atoms with Crippen molar-refractivity contribution in [3.05, 3.63) is 273 Å². The minimum Gasteiger partial charge on any atom is -0.308 e. The van der Waals surface area contributed by atoms with Crippen LogP contribution in [0.2, 0.25) is 0 Å². The molecule has 3 nitrogen and oxygen atoms in total. The highest BCUT2D eigenvalue weighted by molar-refractivity contribution is 6.27. The van der Waals surface area contributed by atoms with Gasteiger partial charge in [-0.1, -0.05) is 218 Å². The second-order valence-electron chi connectivity index (χ2n) is 17.7. The van der Waals surface area contributed by atoms with Gasteiger partial charge in [-0.15, -0.1) is 0 Å².